The van der Waals surface area contributed by atoms with Crippen molar-refractivity contribution in [3.05, 3.63) is 41.7 Å². The van der Waals surface area contributed by atoms with Gasteiger partial charge in [0, 0.05) is 24.2 Å². The number of hydrogen-bond donors (Lipinski definition) is 0. The molecule has 0 N–H and O–H groups in total. The fraction of sp³-hybridized carbons (Fsp3) is 0.500. The van der Waals surface area contributed by atoms with Crippen molar-refractivity contribution in [2.75, 3.05) is 24.6 Å². The van der Waals surface area contributed by atoms with E-state index in [1.165, 1.54) is 0 Å². The molecule has 21 heavy (non-hydrogen) atoms. The number of anilines is 1. The van der Waals surface area contributed by atoms with Crippen LogP contribution in [0.25, 0.3) is 0 Å². The molecule has 1 unspecified atom stereocenters. The summed E-state index contributed by atoms with van der Waals surface area (Å²) in [5, 5.41) is 0. The van der Waals surface area contributed by atoms with Crippen LogP contribution in [0.1, 0.15) is 43.1 Å². The molecule has 3 rings (SSSR count). The zero-order chi connectivity index (χ0) is 14.8. The summed E-state index contributed by atoms with van der Waals surface area (Å²) in [5.74, 6) is 3.07. The van der Waals surface area contributed by atoms with Crippen LogP contribution in [0, 0.1) is 6.92 Å². The molecule has 0 aliphatic carbocycles. The van der Waals surface area contributed by atoms with E-state index in [1.807, 2.05) is 25.1 Å². The van der Waals surface area contributed by atoms with E-state index in [0.717, 1.165) is 36.2 Å². The maximum Gasteiger partial charge on any atom is 0.134 e. The first-order chi connectivity index (χ1) is 10.1. The van der Waals surface area contributed by atoms with E-state index in [2.05, 4.69) is 23.7 Å². The lowest BCUT2D eigenvalue weighted by atomic mass is 10.2. The largest absolute Gasteiger partial charge is 0.467 e. The molecular formula is C16H21N3O2. The van der Waals surface area contributed by atoms with E-state index in [4.69, 9.17) is 14.1 Å². The summed E-state index contributed by atoms with van der Waals surface area (Å²) in [5.41, 5.74) is 1.00. The Hall–Kier alpha value is -1.88. The van der Waals surface area contributed by atoms with Crippen molar-refractivity contribution in [3.8, 4) is 0 Å². The van der Waals surface area contributed by atoms with Gasteiger partial charge in [0.2, 0.25) is 0 Å². The van der Waals surface area contributed by atoms with Gasteiger partial charge >= 0.3 is 0 Å². The first-order valence-electron chi connectivity index (χ1n) is 7.39. The molecule has 0 saturated carbocycles. The highest BCUT2D eigenvalue weighted by molar-refractivity contribution is 5.41. The quantitative estimate of drug-likeness (QED) is 0.868. The van der Waals surface area contributed by atoms with E-state index < -0.39 is 0 Å². The molecule has 0 amide bonds. The van der Waals surface area contributed by atoms with Crippen LogP contribution in [-0.4, -0.2) is 29.7 Å². The molecule has 1 atom stereocenters. The Kier molecular flexibility index (Phi) is 3.92. The predicted molar refractivity (Wildman–Crippen MR) is 80.5 cm³/mol. The fourth-order valence-electron chi connectivity index (χ4n) is 2.50. The van der Waals surface area contributed by atoms with Gasteiger partial charge in [-0.3, -0.25) is 0 Å². The highest BCUT2D eigenvalue weighted by Gasteiger charge is 2.25. The minimum atomic E-state index is -0.0356. The third-order valence-corrected chi connectivity index (χ3v) is 3.63. The van der Waals surface area contributed by atoms with Gasteiger partial charge in [0.25, 0.3) is 0 Å². The molecular weight excluding hydrogens is 266 g/mol. The lowest BCUT2D eigenvalue weighted by molar-refractivity contribution is 0.0255. The van der Waals surface area contributed by atoms with Gasteiger partial charge in [0.05, 0.1) is 19.4 Å². The number of ether oxygens (including phenoxy) is 1. The van der Waals surface area contributed by atoms with Crippen molar-refractivity contribution in [1.29, 1.82) is 0 Å². The van der Waals surface area contributed by atoms with Gasteiger partial charge in [0.1, 0.15) is 23.5 Å². The van der Waals surface area contributed by atoms with Gasteiger partial charge in [-0.05, 0) is 19.1 Å². The van der Waals surface area contributed by atoms with E-state index in [9.17, 15) is 0 Å². The van der Waals surface area contributed by atoms with E-state index in [0.29, 0.717) is 12.5 Å². The van der Waals surface area contributed by atoms with Crippen LogP contribution in [0.15, 0.2) is 28.9 Å². The summed E-state index contributed by atoms with van der Waals surface area (Å²) in [6.07, 6.45) is 1.65. The summed E-state index contributed by atoms with van der Waals surface area (Å²) in [6, 6.07) is 5.89. The molecule has 3 heterocycles. The molecule has 1 fully saturated rings. The van der Waals surface area contributed by atoms with Crippen LogP contribution in [0.3, 0.4) is 0 Å². The summed E-state index contributed by atoms with van der Waals surface area (Å²) in [7, 11) is 0. The average Bonchev–Trinajstić information content (AvgIpc) is 3.01. The first kappa shape index (κ1) is 14.1. The maximum absolute atomic E-state index is 5.80. The number of aryl methyl sites for hydroxylation is 1. The van der Waals surface area contributed by atoms with Crippen molar-refractivity contribution >= 4 is 5.82 Å². The van der Waals surface area contributed by atoms with Crippen LogP contribution in [-0.2, 0) is 4.74 Å². The van der Waals surface area contributed by atoms with Gasteiger partial charge in [-0.15, -0.1) is 0 Å². The fourth-order valence-corrected chi connectivity index (χ4v) is 2.50. The van der Waals surface area contributed by atoms with Crippen molar-refractivity contribution in [2.45, 2.75) is 32.8 Å². The minimum Gasteiger partial charge on any atom is -0.467 e. The minimum absolute atomic E-state index is 0.0356. The zero-order valence-electron chi connectivity index (χ0n) is 12.7. The molecule has 0 bridgehead atoms. The van der Waals surface area contributed by atoms with Gasteiger partial charge in [-0.25, -0.2) is 9.97 Å². The van der Waals surface area contributed by atoms with E-state index in [1.54, 1.807) is 6.26 Å². The van der Waals surface area contributed by atoms with Crippen molar-refractivity contribution in [1.82, 2.24) is 9.97 Å². The molecule has 1 saturated heterocycles. The van der Waals surface area contributed by atoms with E-state index in [-0.39, 0.29) is 6.10 Å². The lowest BCUT2D eigenvalue weighted by Crippen LogP contribution is -2.39. The molecule has 5 nitrogen and oxygen atoms in total. The topological polar surface area (TPSA) is 51.4 Å². The van der Waals surface area contributed by atoms with Gasteiger partial charge in [-0.2, -0.15) is 0 Å². The molecule has 2 aromatic heterocycles. The zero-order valence-corrected chi connectivity index (χ0v) is 12.7. The SMILES string of the molecule is Cc1cc(N2CCOC(c3ccco3)C2)nc(C(C)C)n1. The van der Waals surface area contributed by atoms with E-state index >= 15 is 0 Å². The maximum atomic E-state index is 5.80. The van der Waals surface area contributed by atoms with Gasteiger partial charge < -0.3 is 14.1 Å². The smallest absolute Gasteiger partial charge is 0.134 e. The highest BCUT2D eigenvalue weighted by Crippen LogP contribution is 2.26. The summed E-state index contributed by atoms with van der Waals surface area (Å²) in [4.78, 5) is 11.5. The summed E-state index contributed by atoms with van der Waals surface area (Å²) < 4.78 is 11.3. The number of furan rings is 1. The monoisotopic (exact) mass is 287 g/mol. The second-order valence-corrected chi connectivity index (χ2v) is 5.70. The van der Waals surface area contributed by atoms with Gasteiger partial charge in [-0.1, -0.05) is 13.8 Å². The van der Waals surface area contributed by atoms with Crippen molar-refractivity contribution in [3.63, 3.8) is 0 Å². The first-order valence-corrected chi connectivity index (χ1v) is 7.39. The standard InChI is InChI=1S/C16H21N3O2/c1-11(2)16-17-12(3)9-15(18-16)19-6-8-21-14(10-19)13-5-4-7-20-13/h4-5,7,9,11,14H,6,8,10H2,1-3H3. The molecule has 0 aromatic carbocycles. The average molecular weight is 287 g/mol. The third-order valence-electron chi connectivity index (χ3n) is 3.63. The number of nitrogens with zero attached hydrogens (tertiary/aromatic N) is 3. The summed E-state index contributed by atoms with van der Waals surface area (Å²) in [6.45, 7) is 8.51. The van der Waals surface area contributed by atoms with Crippen LogP contribution < -0.4 is 4.90 Å². The molecule has 1 aliphatic rings. The highest BCUT2D eigenvalue weighted by atomic mass is 16.5. The van der Waals surface area contributed by atoms with Crippen molar-refractivity contribution in [2.24, 2.45) is 0 Å². The van der Waals surface area contributed by atoms with Gasteiger partial charge in [0.15, 0.2) is 0 Å². The number of morpholine rings is 1. The Morgan fingerprint density at radius 3 is 2.90 bits per heavy atom. The Morgan fingerprint density at radius 2 is 2.19 bits per heavy atom. The Labute approximate surface area is 125 Å². The Bertz CT molecular complexity index is 596. The van der Waals surface area contributed by atoms with Crippen LogP contribution in [0.5, 0.6) is 0 Å². The molecule has 1 aliphatic heterocycles. The number of hydrogen-bond acceptors (Lipinski definition) is 5. The van der Waals surface area contributed by atoms with Crippen LogP contribution >= 0.6 is 0 Å². The Balaban J connectivity index is 1.83. The second-order valence-electron chi connectivity index (χ2n) is 5.70. The van der Waals surface area contributed by atoms with Crippen LogP contribution in [0.4, 0.5) is 5.82 Å². The number of aromatic nitrogens is 2. The normalized spacial score (nSPS) is 19.2. The molecule has 0 radical (unpaired) electrons. The molecule has 112 valence electrons. The summed E-state index contributed by atoms with van der Waals surface area (Å²) >= 11 is 0. The second kappa shape index (κ2) is 5.85. The predicted octanol–water partition coefficient (Wildman–Crippen LogP) is 3.08. The molecule has 0 spiro atoms. The lowest BCUT2D eigenvalue weighted by Gasteiger charge is -2.33. The van der Waals surface area contributed by atoms with Crippen molar-refractivity contribution < 1.29 is 9.15 Å². The molecule has 5 heteroatoms. The van der Waals surface area contributed by atoms with Crippen LogP contribution in [0.2, 0.25) is 0 Å². The Morgan fingerprint density at radius 1 is 1.33 bits per heavy atom. The third kappa shape index (κ3) is 3.08. The number of rotatable bonds is 3. The molecule has 2 aromatic rings.